The molecule has 0 amide bonds. The Hall–Kier alpha value is -2.55. The van der Waals surface area contributed by atoms with Gasteiger partial charge in [0.1, 0.15) is 5.82 Å². The molecule has 0 unspecified atom stereocenters. The molecule has 3 rings (SSSR count). The standard InChI is InChI=1S/C24H31N3/c1-17(2)19(5)21-12-7-8-13-22(21)23-16-27(24(25-23)18(3)4)15-20-11-9-10-14-26(20)6/h9-13,16,18H,1,5,7-8,14-15H2,2-4,6H3. The van der Waals surface area contributed by atoms with Crippen LogP contribution < -0.4 is 0 Å². The van der Waals surface area contributed by atoms with Crippen LogP contribution in [0.15, 0.2) is 72.2 Å². The smallest absolute Gasteiger partial charge is 0.112 e. The van der Waals surface area contributed by atoms with E-state index in [0.29, 0.717) is 5.92 Å². The second kappa shape index (κ2) is 7.99. The fourth-order valence-electron chi connectivity index (χ4n) is 3.57. The van der Waals surface area contributed by atoms with Crippen molar-refractivity contribution in [1.29, 1.82) is 0 Å². The van der Waals surface area contributed by atoms with Gasteiger partial charge in [0.25, 0.3) is 0 Å². The second-order valence-electron chi connectivity index (χ2n) is 7.81. The molecule has 0 N–H and O–H groups in total. The summed E-state index contributed by atoms with van der Waals surface area (Å²) in [7, 11) is 2.14. The maximum Gasteiger partial charge on any atom is 0.112 e. The van der Waals surface area contributed by atoms with Crippen LogP contribution in [0.3, 0.4) is 0 Å². The molecule has 0 aromatic carbocycles. The van der Waals surface area contributed by atoms with Crippen molar-refractivity contribution in [3.63, 3.8) is 0 Å². The van der Waals surface area contributed by atoms with E-state index < -0.39 is 0 Å². The van der Waals surface area contributed by atoms with Crippen LogP contribution in [0.2, 0.25) is 0 Å². The van der Waals surface area contributed by atoms with Crippen molar-refractivity contribution in [2.45, 2.75) is 46.1 Å². The average Bonchev–Trinajstić information content (AvgIpc) is 3.07. The Morgan fingerprint density at radius 3 is 2.63 bits per heavy atom. The van der Waals surface area contributed by atoms with E-state index in [1.165, 1.54) is 16.8 Å². The summed E-state index contributed by atoms with van der Waals surface area (Å²) < 4.78 is 2.30. The van der Waals surface area contributed by atoms with Crippen molar-refractivity contribution in [1.82, 2.24) is 14.5 Å². The molecule has 1 aliphatic heterocycles. The number of imidazole rings is 1. The molecule has 2 aliphatic rings. The molecule has 1 aliphatic carbocycles. The number of aromatic nitrogens is 2. The Balaban J connectivity index is 1.97. The number of hydrogen-bond acceptors (Lipinski definition) is 2. The van der Waals surface area contributed by atoms with Crippen LogP contribution in [-0.4, -0.2) is 28.0 Å². The van der Waals surface area contributed by atoms with Crippen molar-refractivity contribution in [2.75, 3.05) is 13.6 Å². The summed E-state index contributed by atoms with van der Waals surface area (Å²) in [6, 6.07) is 0. The highest BCUT2D eigenvalue weighted by atomic mass is 15.2. The summed E-state index contributed by atoms with van der Waals surface area (Å²) >= 11 is 0. The molecule has 0 atom stereocenters. The van der Waals surface area contributed by atoms with Crippen molar-refractivity contribution in [3.05, 3.63) is 83.7 Å². The van der Waals surface area contributed by atoms with Gasteiger partial charge in [-0.05, 0) is 37.0 Å². The first-order chi connectivity index (χ1) is 12.9. The Labute approximate surface area is 163 Å². The first-order valence-corrected chi connectivity index (χ1v) is 9.78. The van der Waals surface area contributed by atoms with Crippen LogP contribution in [0.4, 0.5) is 0 Å². The van der Waals surface area contributed by atoms with Crippen LogP contribution in [-0.2, 0) is 6.54 Å². The lowest BCUT2D eigenvalue weighted by molar-refractivity contribution is 0.422. The minimum atomic E-state index is 0.366. The van der Waals surface area contributed by atoms with Crippen LogP contribution in [0.5, 0.6) is 0 Å². The van der Waals surface area contributed by atoms with E-state index in [1.807, 2.05) is 6.92 Å². The summed E-state index contributed by atoms with van der Waals surface area (Å²) in [6.45, 7) is 16.6. The Bertz CT molecular complexity index is 871. The zero-order valence-electron chi connectivity index (χ0n) is 17.1. The van der Waals surface area contributed by atoms with Crippen molar-refractivity contribution in [2.24, 2.45) is 0 Å². The van der Waals surface area contributed by atoms with Gasteiger partial charge < -0.3 is 9.47 Å². The van der Waals surface area contributed by atoms with Gasteiger partial charge in [-0.2, -0.15) is 0 Å². The number of rotatable bonds is 6. The normalized spacial score (nSPS) is 16.9. The highest BCUT2D eigenvalue weighted by Gasteiger charge is 2.20. The van der Waals surface area contributed by atoms with Crippen molar-refractivity contribution in [3.8, 4) is 0 Å². The summed E-state index contributed by atoms with van der Waals surface area (Å²) in [5.41, 5.74) is 6.76. The van der Waals surface area contributed by atoms with Crippen LogP contribution in [0, 0.1) is 0 Å². The Morgan fingerprint density at radius 2 is 1.96 bits per heavy atom. The largest absolute Gasteiger partial charge is 0.373 e. The SMILES string of the molecule is C=C(C)C(=C)C1=CCCC=C1c1cn(CC2=CC=CCN2C)c(C(C)C)n1. The molecule has 1 aromatic rings. The quantitative estimate of drug-likeness (QED) is 0.612. The zero-order valence-corrected chi connectivity index (χ0v) is 17.1. The molecule has 3 nitrogen and oxygen atoms in total. The van der Waals surface area contributed by atoms with Gasteiger partial charge in [0, 0.05) is 37.0 Å². The highest BCUT2D eigenvalue weighted by Crippen LogP contribution is 2.35. The van der Waals surface area contributed by atoms with E-state index in [1.54, 1.807) is 0 Å². The lowest BCUT2D eigenvalue weighted by Gasteiger charge is -2.24. The van der Waals surface area contributed by atoms with E-state index >= 15 is 0 Å². The van der Waals surface area contributed by atoms with Crippen molar-refractivity contribution < 1.29 is 0 Å². The number of allylic oxidation sites excluding steroid dienone is 9. The van der Waals surface area contributed by atoms with E-state index in [0.717, 1.165) is 48.6 Å². The summed E-state index contributed by atoms with van der Waals surface area (Å²) in [4.78, 5) is 7.32. The number of hydrogen-bond donors (Lipinski definition) is 0. The molecule has 0 fully saturated rings. The second-order valence-corrected chi connectivity index (χ2v) is 7.81. The third kappa shape index (κ3) is 4.08. The topological polar surface area (TPSA) is 21.1 Å². The van der Waals surface area contributed by atoms with Gasteiger partial charge in [-0.3, -0.25) is 0 Å². The molecule has 3 heteroatoms. The van der Waals surface area contributed by atoms with Gasteiger partial charge >= 0.3 is 0 Å². The molecular weight excluding hydrogens is 330 g/mol. The van der Waals surface area contributed by atoms with E-state index in [4.69, 9.17) is 4.98 Å². The lowest BCUT2D eigenvalue weighted by Crippen LogP contribution is -2.23. The van der Waals surface area contributed by atoms with E-state index in [2.05, 4.69) is 80.1 Å². The molecule has 0 radical (unpaired) electrons. The van der Waals surface area contributed by atoms with Crippen LogP contribution in [0.1, 0.15) is 51.0 Å². The molecule has 0 bridgehead atoms. The molecule has 1 aromatic heterocycles. The molecule has 27 heavy (non-hydrogen) atoms. The lowest BCUT2D eigenvalue weighted by atomic mass is 9.88. The Kier molecular flexibility index (Phi) is 5.69. The summed E-state index contributed by atoms with van der Waals surface area (Å²) in [5, 5.41) is 0. The molecule has 0 saturated carbocycles. The molecule has 142 valence electrons. The van der Waals surface area contributed by atoms with Gasteiger partial charge in [-0.15, -0.1) is 0 Å². The first-order valence-electron chi connectivity index (χ1n) is 9.78. The minimum absolute atomic E-state index is 0.366. The van der Waals surface area contributed by atoms with E-state index in [9.17, 15) is 0 Å². The highest BCUT2D eigenvalue weighted by molar-refractivity contribution is 5.84. The number of likely N-dealkylation sites (N-methyl/N-ethyl adjacent to an activating group) is 1. The van der Waals surface area contributed by atoms with Crippen LogP contribution in [0.25, 0.3) is 5.57 Å². The van der Waals surface area contributed by atoms with Crippen LogP contribution >= 0.6 is 0 Å². The monoisotopic (exact) mass is 361 g/mol. The summed E-state index contributed by atoms with van der Waals surface area (Å²) in [5.74, 6) is 1.49. The number of nitrogens with zero attached hydrogens (tertiary/aromatic N) is 3. The third-order valence-electron chi connectivity index (χ3n) is 5.22. The predicted octanol–water partition coefficient (Wildman–Crippen LogP) is 5.63. The zero-order chi connectivity index (χ0) is 19.6. The molecule has 0 saturated heterocycles. The fourth-order valence-corrected chi connectivity index (χ4v) is 3.57. The average molecular weight is 362 g/mol. The third-order valence-corrected chi connectivity index (χ3v) is 5.22. The first kappa shape index (κ1) is 19.2. The van der Waals surface area contributed by atoms with Gasteiger partial charge in [-0.25, -0.2) is 4.98 Å². The van der Waals surface area contributed by atoms with E-state index in [-0.39, 0.29) is 0 Å². The van der Waals surface area contributed by atoms with Gasteiger partial charge in [0.05, 0.1) is 12.2 Å². The molecule has 0 spiro atoms. The fraction of sp³-hybridized carbons (Fsp3) is 0.375. The minimum Gasteiger partial charge on any atom is -0.373 e. The molecule has 2 heterocycles. The maximum absolute atomic E-state index is 5.04. The van der Waals surface area contributed by atoms with Gasteiger partial charge in [0.2, 0.25) is 0 Å². The molecular formula is C24H31N3. The van der Waals surface area contributed by atoms with Crippen molar-refractivity contribution >= 4 is 5.57 Å². The summed E-state index contributed by atoms with van der Waals surface area (Å²) in [6.07, 6.45) is 15.4. The van der Waals surface area contributed by atoms with Gasteiger partial charge in [0.15, 0.2) is 0 Å². The maximum atomic E-state index is 5.04. The predicted molar refractivity (Wildman–Crippen MR) is 115 cm³/mol. The Morgan fingerprint density at radius 1 is 1.22 bits per heavy atom. The van der Waals surface area contributed by atoms with Gasteiger partial charge in [-0.1, -0.05) is 56.9 Å².